The average molecular weight is 355 g/mol. The van der Waals surface area contributed by atoms with Crippen molar-refractivity contribution in [1.29, 1.82) is 0 Å². The van der Waals surface area contributed by atoms with Crippen molar-refractivity contribution in [3.05, 3.63) is 33.6 Å². The molecule has 0 spiro atoms. The number of hydrogen-bond donors (Lipinski definition) is 2. The van der Waals surface area contributed by atoms with Crippen molar-refractivity contribution in [2.45, 2.75) is 38.0 Å². The molecule has 5 rings (SSSR count). The van der Waals surface area contributed by atoms with E-state index in [0.29, 0.717) is 5.92 Å². The van der Waals surface area contributed by atoms with Crippen LogP contribution in [0.4, 0.5) is 0 Å². The van der Waals surface area contributed by atoms with Gasteiger partial charge in [-0.2, -0.15) is 5.10 Å². The van der Waals surface area contributed by atoms with Crippen molar-refractivity contribution in [3.63, 3.8) is 0 Å². The van der Waals surface area contributed by atoms with Gasteiger partial charge in [0.15, 0.2) is 0 Å². The maximum atomic E-state index is 12.8. The van der Waals surface area contributed by atoms with Crippen LogP contribution in [-0.4, -0.2) is 45.2 Å². The lowest BCUT2D eigenvalue weighted by Crippen LogP contribution is -2.32. The number of piperidine rings is 1. The maximum Gasteiger partial charge on any atom is 0.268 e. The molecule has 25 heavy (non-hydrogen) atoms. The Balaban J connectivity index is 1.69. The topological polar surface area (TPSA) is 77.7 Å². The quantitative estimate of drug-likeness (QED) is 0.703. The average Bonchev–Trinajstić information content (AvgIpc) is 3.16. The number of hydrogen-bond acceptors (Lipinski definition) is 5. The van der Waals surface area contributed by atoms with E-state index in [1.54, 1.807) is 11.3 Å². The van der Waals surface area contributed by atoms with E-state index in [4.69, 9.17) is 4.98 Å². The van der Waals surface area contributed by atoms with E-state index < -0.39 is 0 Å². The minimum atomic E-state index is 0.0105. The molecule has 4 heterocycles. The summed E-state index contributed by atoms with van der Waals surface area (Å²) in [6, 6.07) is 0. The van der Waals surface area contributed by atoms with Gasteiger partial charge in [-0.3, -0.25) is 9.89 Å². The third-order valence-electron chi connectivity index (χ3n) is 5.47. The fourth-order valence-electron chi connectivity index (χ4n) is 4.22. The number of aromatic nitrogens is 4. The van der Waals surface area contributed by atoms with Gasteiger partial charge in [0.05, 0.1) is 11.2 Å². The lowest BCUT2D eigenvalue weighted by molar-refractivity contribution is 0.246. The monoisotopic (exact) mass is 355 g/mol. The summed E-state index contributed by atoms with van der Waals surface area (Å²) in [7, 11) is 2.14. The SMILES string of the molecule is CN1CCC[C@@H](c2nc3c4c(sc3c(=O)[nH]2)-c2c[nH]nc2CCC4)C1. The van der Waals surface area contributed by atoms with E-state index in [9.17, 15) is 4.79 Å². The number of fused-ring (bicyclic) bond motifs is 5. The third kappa shape index (κ3) is 2.45. The molecule has 2 N–H and O–H groups in total. The normalized spacial score (nSPS) is 21.1. The molecule has 0 aromatic carbocycles. The van der Waals surface area contributed by atoms with Crippen LogP contribution in [0, 0.1) is 0 Å². The van der Waals surface area contributed by atoms with Crippen LogP contribution in [0.3, 0.4) is 0 Å². The van der Waals surface area contributed by atoms with E-state index in [0.717, 1.165) is 72.5 Å². The Labute approximate surface area is 149 Å². The van der Waals surface area contributed by atoms with Crippen molar-refractivity contribution in [2.75, 3.05) is 20.1 Å². The van der Waals surface area contributed by atoms with Crippen molar-refractivity contribution >= 4 is 21.6 Å². The maximum absolute atomic E-state index is 12.8. The molecule has 0 amide bonds. The molecule has 1 atom stereocenters. The molecule has 0 bridgehead atoms. The number of nitrogens with zero attached hydrogens (tertiary/aromatic N) is 3. The number of likely N-dealkylation sites (tertiary alicyclic amines) is 1. The van der Waals surface area contributed by atoms with Crippen LogP contribution in [0.15, 0.2) is 11.0 Å². The summed E-state index contributed by atoms with van der Waals surface area (Å²) >= 11 is 1.57. The Hall–Kier alpha value is -1.99. The first-order chi connectivity index (χ1) is 12.2. The molecule has 3 aromatic rings. The summed E-state index contributed by atoms with van der Waals surface area (Å²) in [5.41, 5.74) is 4.42. The van der Waals surface area contributed by atoms with Crippen LogP contribution in [0.2, 0.25) is 0 Å². The molecule has 0 radical (unpaired) electrons. The van der Waals surface area contributed by atoms with Crippen molar-refractivity contribution in [3.8, 4) is 10.4 Å². The summed E-state index contributed by atoms with van der Waals surface area (Å²) in [5.74, 6) is 1.18. The second-order valence-electron chi connectivity index (χ2n) is 7.24. The Morgan fingerprint density at radius 1 is 1.32 bits per heavy atom. The number of thiophene rings is 1. The summed E-state index contributed by atoms with van der Waals surface area (Å²) < 4.78 is 0.756. The molecule has 0 saturated carbocycles. The van der Waals surface area contributed by atoms with Crippen molar-refractivity contribution in [1.82, 2.24) is 25.1 Å². The number of likely N-dealkylation sites (N-methyl/N-ethyl adjacent to an activating group) is 1. The summed E-state index contributed by atoms with van der Waals surface area (Å²) in [6.45, 7) is 2.09. The van der Waals surface area contributed by atoms with Gasteiger partial charge < -0.3 is 9.88 Å². The van der Waals surface area contributed by atoms with Crippen LogP contribution in [0.1, 0.15) is 42.3 Å². The predicted molar refractivity (Wildman–Crippen MR) is 99.3 cm³/mol. The highest BCUT2D eigenvalue weighted by molar-refractivity contribution is 7.22. The van der Waals surface area contributed by atoms with Gasteiger partial charge in [-0.05, 0) is 51.3 Å². The van der Waals surface area contributed by atoms with E-state index in [2.05, 4.69) is 27.1 Å². The van der Waals surface area contributed by atoms with Gasteiger partial charge in [0.25, 0.3) is 5.56 Å². The molecule has 7 heteroatoms. The highest BCUT2D eigenvalue weighted by Crippen LogP contribution is 2.41. The highest BCUT2D eigenvalue weighted by Gasteiger charge is 2.26. The fourth-order valence-corrected chi connectivity index (χ4v) is 5.44. The largest absolute Gasteiger partial charge is 0.309 e. The standard InChI is InChI=1S/C18H21N5OS/c1-23-7-3-4-10(9-23)17-20-14-11-5-2-6-13-12(8-19-22-13)15(11)25-16(14)18(24)21-17/h8,10H,2-7,9H2,1H3,(H,19,22)(H,20,21,24)/t10-/m1/s1. The number of aromatic amines is 2. The minimum absolute atomic E-state index is 0.0105. The van der Waals surface area contributed by atoms with E-state index in [1.165, 1.54) is 10.4 Å². The molecule has 2 aliphatic rings. The molecule has 1 aliphatic heterocycles. The zero-order chi connectivity index (χ0) is 17.0. The third-order valence-corrected chi connectivity index (χ3v) is 6.73. The van der Waals surface area contributed by atoms with Crippen LogP contribution < -0.4 is 5.56 Å². The number of aryl methyl sites for hydroxylation is 2. The first kappa shape index (κ1) is 15.3. The molecule has 130 valence electrons. The number of rotatable bonds is 1. The summed E-state index contributed by atoms with van der Waals surface area (Å²) in [4.78, 5) is 24.3. The first-order valence-electron chi connectivity index (χ1n) is 8.98. The summed E-state index contributed by atoms with van der Waals surface area (Å²) in [5, 5.41) is 7.36. The molecular weight excluding hydrogens is 334 g/mol. The predicted octanol–water partition coefficient (Wildman–Crippen LogP) is 2.67. The van der Waals surface area contributed by atoms with Gasteiger partial charge in [0, 0.05) is 29.1 Å². The van der Waals surface area contributed by atoms with Crippen LogP contribution in [0.25, 0.3) is 20.7 Å². The smallest absolute Gasteiger partial charge is 0.268 e. The molecule has 0 unspecified atom stereocenters. The summed E-state index contributed by atoms with van der Waals surface area (Å²) in [6.07, 6.45) is 7.20. The molecular formula is C18H21N5OS. The van der Waals surface area contributed by atoms with Crippen LogP contribution >= 0.6 is 11.3 Å². The molecule has 1 fully saturated rings. The van der Waals surface area contributed by atoms with Crippen molar-refractivity contribution in [2.24, 2.45) is 0 Å². The Morgan fingerprint density at radius 2 is 2.24 bits per heavy atom. The molecule has 1 saturated heterocycles. The lowest BCUT2D eigenvalue weighted by Gasteiger charge is -2.28. The van der Waals surface area contributed by atoms with E-state index >= 15 is 0 Å². The van der Waals surface area contributed by atoms with Crippen LogP contribution in [0.5, 0.6) is 0 Å². The number of H-pyrrole nitrogens is 2. The van der Waals surface area contributed by atoms with Gasteiger partial charge in [-0.1, -0.05) is 0 Å². The Bertz CT molecular complexity index is 1000. The van der Waals surface area contributed by atoms with Gasteiger partial charge >= 0.3 is 0 Å². The second-order valence-corrected chi connectivity index (χ2v) is 8.26. The Kier molecular flexibility index (Phi) is 3.53. The van der Waals surface area contributed by atoms with E-state index in [1.807, 2.05) is 6.20 Å². The molecule has 6 nitrogen and oxygen atoms in total. The second kappa shape index (κ2) is 5.78. The van der Waals surface area contributed by atoms with Gasteiger partial charge in [-0.15, -0.1) is 11.3 Å². The van der Waals surface area contributed by atoms with E-state index in [-0.39, 0.29) is 5.56 Å². The molecule has 3 aromatic heterocycles. The fraction of sp³-hybridized carbons (Fsp3) is 0.500. The van der Waals surface area contributed by atoms with Gasteiger partial charge in [0.1, 0.15) is 10.5 Å². The van der Waals surface area contributed by atoms with Crippen LogP contribution in [-0.2, 0) is 12.8 Å². The zero-order valence-electron chi connectivity index (χ0n) is 14.3. The van der Waals surface area contributed by atoms with Gasteiger partial charge in [-0.25, -0.2) is 4.98 Å². The number of nitrogens with one attached hydrogen (secondary N) is 2. The van der Waals surface area contributed by atoms with Crippen molar-refractivity contribution < 1.29 is 0 Å². The first-order valence-corrected chi connectivity index (χ1v) is 9.79. The minimum Gasteiger partial charge on any atom is -0.309 e. The molecule has 1 aliphatic carbocycles. The highest BCUT2D eigenvalue weighted by atomic mass is 32.1. The Morgan fingerprint density at radius 3 is 3.12 bits per heavy atom. The zero-order valence-corrected chi connectivity index (χ0v) is 15.1. The lowest BCUT2D eigenvalue weighted by atomic mass is 9.97. The van der Waals surface area contributed by atoms with Gasteiger partial charge in [0.2, 0.25) is 0 Å².